The third-order valence-electron chi connectivity index (χ3n) is 4.03. The summed E-state index contributed by atoms with van der Waals surface area (Å²) in [5.41, 5.74) is 0.902. The lowest BCUT2D eigenvalue weighted by Gasteiger charge is -2.18. The highest BCUT2D eigenvalue weighted by Crippen LogP contribution is 2.32. The molecular weight excluding hydrogens is 370 g/mol. The molecule has 0 bridgehead atoms. The molecule has 0 unspecified atom stereocenters. The van der Waals surface area contributed by atoms with E-state index in [4.69, 9.17) is 4.42 Å². The van der Waals surface area contributed by atoms with E-state index in [1.165, 1.54) is 17.2 Å². The zero-order valence-electron chi connectivity index (χ0n) is 14.1. The van der Waals surface area contributed by atoms with Crippen LogP contribution in [0.2, 0.25) is 0 Å². The molecule has 0 atom stereocenters. The number of hydrogen-bond acceptors (Lipinski definition) is 4. The fraction of sp³-hybridized carbons (Fsp3) is 0.100. The van der Waals surface area contributed by atoms with E-state index in [2.05, 4.69) is 4.98 Å². The van der Waals surface area contributed by atoms with E-state index in [-0.39, 0.29) is 24.4 Å². The predicted octanol–water partition coefficient (Wildman–Crippen LogP) is 4.94. The van der Waals surface area contributed by atoms with Gasteiger partial charge in [0.1, 0.15) is 17.1 Å². The van der Waals surface area contributed by atoms with Crippen LogP contribution >= 0.6 is 11.3 Å². The summed E-state index contributed by atoms with van der Waals surface area (Å²) in [5.74, 6) is -1.07. The molecule has 0 saturated carbocycles. The van der Waals surface area contributed by atoms with Crippen molar-refractivity contribution in [2.24, 2.45) is 0 Å². The number of furan rings is 1. The Bertz CT molecular complexity index is 1080. The SMILES string of the molecule is O=C(Cc1ccccc1)N(Cc1ccco1)c1nc2c(F)cc(F)cc2s1. The lowest BCUT2D eigenvalue weighted by atomic mass is 10.1. The first-order chi connectivity index (χ1) is 13.1. The zero-order chi connectivity index (χ0) is 18.8. The van der Waals surface area contributed by atoms with Gasteiger partial charge in [0.15, 0.2) is 10.9 Å². The van der Waals surface area contributed by atoms with Crippen LogP contribution in [0.5, 0.6) is 0 Å². The van der Waals surface area contributed by atoms with Gasteiger partial charge in [-0.25, -0.2) is 13.8 Å². The molecule has 0 saturated heterocycles. The third kappa shape index (κ3) is 3.73. The largest absolute Gasteiger partial charge is 0.467 e. The van der Waals surface area contributed by atoms with E-state index in [1.807, 2.05) is 30.3 Å². The van der Waals surface area contributed by atoms with Gasteiger partial charge in [-0.15, -0.1) is 0 Å². The minimum atomic E-state index is -0.749. The molecule has 7 heteroatoms. The Morgan fingerprint density at radius 1 is 1.11 bits per heavy atom. The van der Waals surface area contributed by atoms with E-state index >= 15 is 0 Å². The Balaban J connectivity index is 1.71. The zero-order valence-corrected chi connectivity index (χ0v) is 14.9. The molecular formula is C20H14F2N2O2S. The van der Waals surface area contributed by atoms with Gasteiger partial charge >= 0.3 is 0 Å². The summed E-state index contributed by atoms with van der Waals surface area (Å²) in [6.07, 6.45) is 1.68. The molecule has 4 aromatic rings. The van der Waals surface area contributed by atoms with E-state index < -0.39 is 11.6 Å². The molecule has 0 aliphatic carbocycles. The normalized spacial score (nSPS) is 11.0. The second-order valence-electron chi connectivity index (χ2n) is 5.95. The number of fused-ring (bicyclic) bond motifs is 1. The number of nitrogens with zero attached hydrogens (tertiary/aromatic N) is 2. The van der Waals surface area contributed by atoms with Gasteiger partial charge in [0, 0.05) is 6.07 Å². The summed E-state index contributed by atoms with van der Waals surface area (Å²) in [7, 11) is 0. The van der Waals surface area contributed by atoms with Crippen molar-refractivity contribution in [3.05, 3.63) is 83.8 Å². The van der Waals surface area contributed by atoms with Crippen LogP contribution in [0.25, 0.3) is 10.2 Å². The van der Waals surface area contributed by atoms with E-state index in [0.29, 0.717) is 15.6 Å². The number of hydrogen-bond donors (Lipinski definition) is 0. The number of anilines is 1. The number of benzene rings is 2. The van der Waals surface area contributed by atoms with Crippen LogP contribution in [0.1, 0.15) is 11.3 Å². The summed E-state index contributed by atoms with van der Waals surface area (Å²) in [6, 6.07) is 14.8. The minimum absolute atomic E-state index is 0.0494. The first kappa shape index (κ1) is 17.4. The molecule has 136 valence electrons. The second-order valence-corrected chi connectivity index (χ2v) is 6.96. The molecule has 0 N–H and O–H groups in total. The molecule has 2 aromatic carbocycles. The number of thiazole rings is 1. The summed E-state index contributed by atoms with van der Waals surface area (Å²) in [6.45, 7) is 0.155. The lowest BCUT2D eigenvalue weighted by Crippen LogP contribution is -2.31. The van der Waals surface area contributed by atoms with Crippen LogP contribution < -0.4 is 4.90 Å². The van der Waals surface area contributed by atoms with Gasteiger partial charge in [0.2, 0.25) is 5.91 Å². The van der Waals surface area contributed by atoms with Gasteiger partial charge in [-0.3, -0.25) is 9.69 Å². The van der Waals surface area contributed by atoms with Crippen molar-refractivity contribution >= 4 is 32.6 Å². The van der Waals surface area contributed by atoms with Gasteiger partial charge in [0.05, 0.1) is 23.9 Å². The first-order valence-corrected chi connectivity index (χ1v) is 9.04. The highest BCUT2D eigenvalue weighted by atomic mass is 32.1. The van der Waals surface area contributed by atoms with Crippen LogP contribution in [0.3, 0.4) is 0 Å². The van der Waals surface area contributed by atoms with Crippen molar-refractivity contribution in [1.82, 2.24) is 4.98 Å². The summed E-state index contributed by atoms with van der Waals surface area (Å²) >= 11 is 1.07. The maximum absolute atomic E-state index is 14.0. The average molecular weight is 384 g/mol. The van der Waals surface area contributed by atoms with Crippen molar-refractivity contribution in [3.63, 3.8) is 0 Å². The topological polar surface area (TPSA) is 46.3 Å². The Hall–Kier alpha value is -3.06. The van der Waals surface area contributed by atoms with Crippen molar-refractivity contribution in [3.8, 4) is 0 Å². The predicted molar refractivity (Wildman–Crippen MR) is 99.6 cm³/mol. The van der Waals surface area contributed by atoms with Crippen LogP contribution in [-0.4, -0.2) is 10.9 Å². The third-order valence-corrected chi connectivity index (χ3v) is 5.05. The molecule has 0 fully saturated rings. The Morgan fingerprint density at radius 3 is 2.67 bits per heavy atom. The molecule has 0 aliphatic rings. The van der Waals surface area contributed by atoms with Gasteiger partial charge < -0.3 is 4.42 Å². The maximum atomic E-state index is 14.0. The van der Waals surface area contributed by atoms with E-state index in [0.717, 1.165) is 23.0 Å². The van der Waals surface area contributed by atoms with Crippen LogP contribution in [0.4, 0.5) is 13.9 Å². The van der Waals surface area contributed by atoms with Gasteiger partial charge in [-0.2, -0.15) is 0 Å². The molecule has 27 heavy (non-hydrogen) atoms. The Kier molecular flexibility index (Phi) is 4.68. The molecule has 0 spiro atoms. The Morgan fingerprint density at radius 2 is 1.93 bits per heavy atom. The van der Waals surface area contributed by atoms with Crippen molar-refractivity contribution in [2.75, 3.05) is 4.90 Å². The summed E-state index contributed by atoms with van der Waals surface area (Å²) in [5, 5.41) is 0.298. The summed E-state index contributed by atoms with van der Waals surface area (Å²) in [4.78, 5) is 18.6. The van der Waals surface area contributed by atoms with Crippen LogP contribution in [0, 0.1) is 11.6 Å². The molecule has 4 rings (SSSR count). The molecule has 1 amide bonds. The van der Waals surface area contributed by atoms with E-state index in [1.54, 1.807) is 12.1 Å². The molecule has 0 radical (unpaired) electrons. The number of aromatic nitrogens is 1. The highest BCUT2D eigenvalue weighted by molar-refractivity contribution is 7.22. The minimum Gasteiger partial charge on any atom is -0.467 e. The number of carbonyl (C=O) groups is 1. The fourth-order valence-corrected chi connectivity index (χ4v) is 3.77. The van der Waals surface area contributed by atoms with Crippen LogP contribution in [-0.2, 0) is 17.8 Å². The monoisotopic (exact) mass is 384 g/mol. The van der Waals surface area contributed by atoms with Gasteiger partial charge in [-0.05, 0) is 23.8 Å². The number of amides is 1. The Labute approximate surface area is 157 Å². The number of halogens is 2. The van der Waals surface area contributed by atoms with Gasteiger partial charge in [0.25, 0.3) is 0 Å². The van der Waals surface area contributed by atoms with Crippen molar-refractivity contribution < 1.29 is 18.0 Å². The number of carbonyl (C=O) groups excluding carboxylic acids is 1. The maximum Gasteiger partial charge on any atom is 0.233 e. The molecule has 2 heterocycles. The second kappa shape index (κ2) is 7.28. The van der Waals surface area contributed by atoms with Crippen molar-refractivity contribution in [2.45, 2.75) is 13.0 Å². The average Bonchev–Trinajstić information content (AvgIpc) is 3.29. The summed E-state index contributed by atoms with van der Waals surface area (Å²) < 4.78 is 33.2. The molecule has 2 aromatic heterocycles. The highest BCUT2D eigenvalue weighted by Gasteiger charge is 2.22. The van der Waals surface area contributed by atoms with Crippen LogP contribution in [0.15, 0.2) is 65.3 Å². The standard InChI is InChI=1S/C20H14F2N2O2S/c21-14-10-16(22)19-17(11-14)27-20(23-19)24(12-15-7-4-8-26-15)18(25)9-13-5-2-1-3-6-13/h1-8,10-11H,9,12H2. The first-order valence-electron chi connectivity index (χ1n) is 8.22. The fourth-order valence-electron chi connectivity index (χ4n) is 2.75. The molecule has 4 nitrogen and oxygen atoms in total. The van der Waals surface area contributed by atoms with Gasteiger partial charge in [-0.1, -0.05) is 41.7 Å². The lowest BCUT2D eigenvalue weighted by molar-refractivity contribution is -0.118. The quantitative estimate of drug-likeness (QED) is 0.489. The molecule has 0 aliphatic heterocycles. The smallest absolute Gasteiger partial charge is 0.233 e. The van der Waals surface area contributed by atoms with Crippen molar-refractivity contribution in [1.29, 1.82) is 0 Å². The number of rotatable bonds is 5. The van der Waals surface area contributed by atoms with E-state index in [9.17, 15) is 13.6 Å².